The molecule has 120 valence electrons. The molecule has 0 radical (unpaired) electrons. The minimum atomic E-state index is 0.389. The van der Waals surface area contributed by atoms with Gasteiger partial charge in [-0.3, -0.25) is 0 Å². The molecule has 0 aromatic rings. The minimum Gasteiger partial charge on any atom is -0.383 e. The molecule has 0 aromatic carbocycles. The van der Waals surface area contributed by atoms with Crippen LogP contribution in [0.4, 0.5) is 0 Å². The Kier molecular flexibility index (Phi) is 8.08. The first kappa shape index (κ1) is 17.9. The molecule has 0 aromatic heterocycles. The second kappa shape index (κ2) is 9.01. The molecule has 1 atom stereocenters. The van der Waals surface area contributed by atoms with Gasteiger partial charge < -0.3 is 15.0 Å². The third kappa shape index (κ3) is 7.61. The van der Waals surface area contributed by atoms with E-state index >= 15 is 0 Å². The molecule has 3 heteroatoms. The van der Waals surface area contributed by atoms with Crippen LogP contribution in [0.5, 0.6) is 0 Å². The average Bonchev–Trinajstić information content (AvgIpc) is 3.17. The zero-order valence-corrected chi connectivity index (χ0v) is 14.4. The van der Waals surface area contributed by atoms with Gasteiger partial charge in [-0.15, -0.1) is 0 Å². The van der Waals surface area contributed by atoms with Gasteiger partial charge in [-0.25, -0.2) is 0 Å². The van der Waals surface area contributed by atoms with Gasteiger partial charge in [0.2, 0.25) is 0 Å². The average molecular weight is 284 g/mol. The van der Waals surface area contributed by atoms with Crippen LogP contribution in [0.2, 0.25) is 0 Å². The van der Waals surface area contributed by atoms with Crippen molar-refractivity contribution in [2.45, 2.75) is 59.4 Å². The molecule has 1 fully saturated rings. The fourth-order valence-electron chi connectivity index (χ4n) is 3.02. The molecular formula is C17H36N2O. The van der Waals surface area contributed by atoms with Crippen molar-refractivity contribution in [3.63, 3.8) is 0 Å². The Labute approximate surface area is 126 Å². The normalized spacial score (nSPS) is 18.8. The van der Waals surface area contributed by atoms with Gasteiger partial charge in [-0.05, 0) is 30.6 Å². The van der Waals surface area contributed by atoms with E-state index in [-0.39, 0.29) is 0 Å². The van der Waals surface area contributed by atoms with Crippen LogP contribution < -0.4 is 5.32 Å². The van der Waals surface area contributed by atoms with E-state index in [1.54, 1.807) is 7.11 Å². The zero-order valence-electron chi connectivity index (χ0n) is 14.4. The molecule has 1 aliphatic carbocycles. The number of ether oxygens (including phenoxy) is 1. The zero-order chi connectivity index (χ0) is 15.0. The third-order valence-corrected chi connectivity index (χ3v) is 4.09. The van der Waals surface area contributed by atoms with E-state index in [2.05, 4.69) is 37.9 Å². The van der Waals surface area contributed by atoms with Crippen molar-refractivity contribution in [3.05, 3.63) is 0 Å². The van der Waals surface area contributed by atoms with Crippen LogP contribution in [-0.2, 0) is 4.74 Å². The molecule has 0 saturated heterocycles. The van der Waals surface area contributed by atoms with Crippen LogP contribution >= 0.6 is 0 Å². The standard InChI is InChI=1S/C17H36N2O/c1-6-9-17(4,13-18-16-7-8-16)14-19(10-11-20-5)12-15(2)3/h15-16,18H,6-14H2,1-5H3. The number of nitrogens with one attached hydrogen (secondary N) is 1. The van der Waals surface area contributed by atoms with Crippen LogP contribution in [0.25, 0.3) is 0 Å². The molecule has 0 amide bonds. The quantitative estimate of drug-likeness (QED) is 0.596. The first-order valence-electron chi connectivity index (χ1n) is 8.44. The molecule has 1 unspecified atom stereocenters. The molecule has 20 heavy (non-hydrogen) atoms. The van der Waals surface area contributed by atoms with Crippen molar-refractivity contribution in [2.24, 2.45) is 11.3 Å². The number of hydrogen-bond donors (Lipinski definition) is 1. The van der Waals surface area contributed by atoms with Gasteiger partial charge >= 0.3 is 0 Å². The highest BCUT2D eigenvalue weighted by molar-refractivity contribution is 4.87. The molecule has 1 N–H and O–H groups in total. The third-order valence-electron chi connectivity index (χ3n) is 4.09. The molecule has 0 heterocycles. The number of nitrogens with zero attached hydrogens (tertiary/aromatic N) is 1. The van der Waals surface area contributed by atoms with E-state index in [4.69, 9.17) is 4.74 Å². The second-order valence-corrected chi connectivity index (χ2v) is 7.34. The lowest BCUT2D eigenvalue weighted by Gasteiger charge is -2.36. The van der Waals surface area contributed by atoms with Crippen molar-refractivity contribution in [1.82, 2.24) is 10.2 Å². The SMILES string of the molecule is CCCC(C)(CNC1CC1)CN(CCOC)CC(C)C. The largest absolute Gasteiger partial charge is 0.383 e. The van der Waals surface area contributed by atoms with Crippen LogP contribution in [-0.4, -0.2) is 50.8 Å². The van der Waals surface area contributed by atoms with Gasteiger partial charge in [0, 0.05) is 39.3 Å². The Morgan fingerprint density at radius 3 is 2.55 bits per heavy atom. The lowest BCUT2D eigenvalue weighted by molar-refractivity contribution is 0.0974. The van der Waals surface area contributed by atoms with Gasteiger partial charge in [-0.1, -0.05) is 34.1 Å². The highest BCUT2D eigenvalue weighted by Gasteiger charge is 2.29. The summed E-state index contributed by atoms with van der Waals surface area (Å²) < 4.78 is 5.28. The molecule has 0 bridgehead atoms. The lowest BCUT2D eigenvalue weighted by atomic mass is 9.84. The molecule has 0 aliphatic heterocycles. The van der Waals surface area contributed by atoms with Crippen molar-refractivity contribution < 1.29 is 4.74 Å². The molecule has 3 nitrogen and oxygen atoms in total. The molecule has 0 spiro atoms. The first-order chi connectivity index (χ1) is 9.49. The number of rotatable bonds is 12. The first-order valence-corrected chi connectivity index (χ1v) is 8.44. The summed E-state index contributed by atoms with van der Waals surface area (Å²) >= 11 is 0. The van der Waals surface area contributed by atoms with Gasteiger partial charge in [0.1, 0.15) is 0 Å². The Hall–Kier alpha value is -0.120. The van der Waals surface area contributed by atoms with Crippen LogP contribution in [0.15, 0.2) is 0 Å². The summed E-state index contributed by atoms with van der Waals surface area (Å²) in [5.41, 5.74) is 0.389. The molecule has 1 saturated carbocycles. The Bertz CT molecular complexity index is 253. The van der Waals surface area contributed by atoms with E-state index in [9.17, 15) is 0 Å². The second-order valence-electron chi connectivity index (χ2n) is 7.34. The van der Waals surface area contributed by atoms with Crippen molar-refractivity contribution in [1.29, 1.82) is 0 Å². The molecular weight excluding hydrogens is 248 g/mol. The maximum absolute atomic E-state index is 5.28. The topological polar surface area (TPSA) is 24.5 Å². The van der Waals surface area contributed by atoms with E-state index in [0.29, 0.717) is 11.3 Å². The maximum Gasteiger partial charge on any atom is 0.0589 e. The minimum absolute atomic E-state index is 0.389. The van der Waals surface area contributed by atoms with E-state index < -0.39 is 0 Å². The number of hydrogen-bond acceptors (Lipinski definition) is 3. The van der Waals surface area contributed by atoms with E-state index in [1.807, 2.05) is 0 Å². The van der Waals surface area contributed by atoms with Gasteiger partial charge in [0.05, 0.1) is 6.61 Å². The van der Waals surface area contributed by atoms with Crippen LogP contribution in [0, 0.1) is 11.3 Å². The number of methoxy groups -OCH3 is 1. The fraction of sp³-hybridized carbons (Fsp3) is 1.00. The fourth-order valence-corrected chi connectivity index (χ4v) is 3.02. The highest BCUT2D eigenvalue weighted by Crippen LogP contribution is 2.27. The van der Waals surface area contributed by atoms with Crippen molar-refractivity contribution in [3.8, 4) is 0 Å². The summed E-state index contributed by atoms with van der Waals surface area (Å²) in [6.07, 6.45) is 5.32. The Balaban J connectivity index is 2.51. The van der Waals surface area contributed by atoms with Gasteiger partial charge in [0.25, 0.3) is 0 Å². The summed E-state index contributed by atoms with van der Waals surface area (Å²) in [7, 11) is 1.80. The maximum atomic E-state index is 5.28. The predicted molar refractivity (Wildman–Crippen MR) is 87.2 cm³/mol. The summed E-state index contributed by atoms with van der Waals surface area (Å²) in [4.78, 5) is 2.60. The lowest BCUT2D eigenvalue weighted by Crippen LogP contribution is -2.45. The predicted octanol–water partition coefficient (Wildman–Crippen LogP) is 3.15. The monoisotopic (exact) mass is 284 g/mol. The molecule has 1 aliphatic rings. The summed E-state index contributed by atoms with van der Waals surface area (Å²) in [5, 5.41) is 3.74. The van der Waals surface area contributed by atoms with Crippen molar-refractivity contribution in [2.75, 3.05) is 39.9 Å². The summed E-state index contributed by atoms with van der Waals surface area (Å²) in [5.74, 6) is 0.717. The summed E-state index contributed by atoms with van der Waals surface area (Å²) in [6.45, 7) is 14.8. The van der Waals surface area contributed by atoms with Crippen molar-refractivity contribution >= 4 is 0 Å². The Morgan fingerprint density at radius 1 is 1.35 bits per heavy atom. The van der Waals surface area contributed by atoms with Crippen LogP contribution in [0.1, 0.15) is 53.4 Å². The Morgan fingerprint density at radius 2 is 2.05 bits per heavy atom. The molecule has 1 rings (SSSR count). The smallest absolute Gasteiger partial charge is 0.0589 e. The van der Waals surface area contributed by atoms with E-state index in [0.717, 1.165) is 25.7 Å². The van der Waals surface area contributed by atoms with Gasteiger partial charge in [-0.2, -0.15) is 0 Å². The highest BCUT2D eigenvalue weighted by atomic mass is 16.5. The van der Waals surface area contributed by atoms with Gasteiger partial charge in [0.15, 0.2) is 0 Å². The summed E-state index contributed by atoms with van der Waals surface area (Å²) in [6, 6.07) is 0.809. The van der Waals surface area contributed by atoms with Crippen LogP contribution in [0.3, 0.4) is 0 Å². The van der Waals surface area contributed by atoms with E-state index in [1.165, 1.54) is 38.8 Å².